The molecule has 1 heterocycles. The Morgan fingerprint density at radius 2 is 2.43 bits per heavy atom. The van der Waals surface area contributed by atoms with Gasteiger partial charge in [0.1, 0.15) is 5.76 Å². The third-order valence-electron chi connectivity index (χ3n) is 1.99. The van der Waals surface area contributed by atoms with Crippen molar-refractivity contribution in [2.45, 2.75) is 25.8 Å². The van der Waals surface area contributed by atoms with E-state index in [4.69, 9.17) is 15.0 Å². The second-order valence-electron chi connectivity index (χ2n) is 3.14. The molecule has 0 saturated carbocycles. The maximum Gasteiger partial charge on any atom is 0.122 e. The molecule has 0 spiro atoms. The lowest BCUT2D eigenvalue weighted by Crippen LogP contribution is -2.28. The Bertz CT molecular complexity index is 224. The molecule has 3 N–H and O–H groups in total. The molecule has 4 heteroatoms. The van der Waals surface area contributed by atoms with Crippen LogP contribution in [0.4, 0.5) is 0 Å². The van der Waals surface area contributed by atoms with Gasteiger partial charge in [-0.3, -0.25) is 5.84 Å². The van der Waals surface area contributed by atoms with Gasteiger partial charge in [0, 0.05) is 13.2 Å². The number of hydrogen-bond donors (Lipinski definition) is 2. The average Bonchev–Trinajstić information content (AvgIpc) is 2.71. The highest BCUT2D eigenvalue weighted by atomic mass is 16.5. The first-order chi connectivity index (χ1) is 6.88. The lowest BCUT2D eigenvalue weighted by molar-refractivity contribution is 0.122. The van der Waals surface area contributed by atoms with Crippen LogP contribution in [0.5, 0.6) is 0 Å². The van der Waals surface area contributed by atoms with E-state index >= 15 is 0 Å². The molecule has 0 aliphatic carbocycles. The van der Waals surface area contributed by atoms with Crippen LogP contribution in [0.15, 0.2) is 22.8 Å². The number of furan rings is 1. The molecule has 4 nitrogen and oxygen atoms in total. The van der Waals surface area contributed by atoms with Gasteiger partial charge in [-0.15, -0.1) is 0 Å². The van der Waals surface area contributed by atoms with Crippen molar-refractivity contribution < 1.29 is 9.15 Å². The summed E-state index contributed by atoms with van der Waals surface area (Å²) in [4.78, 5) is 0. The Balaban J connectivity index is 2.26. The van der Waals surface area contributed by atoms with E-state index in [2.05, 4.69) is 12.3 Å². The van der Waals surface area contributed by atoms with Gasteiger partial charge in [-0.2, -0.15) is 0 Å². The van der Waals surface area contributed by atoms with Crippen LogP contribution in [-0.2, 0) is 4.74 Å². The molecule has 0 fully saturated rings. The largest absolute Gasteiger partial charge is 0.468 e. The molecule has 80 valence electrons. The molecule has 0 radical (unpaired) electrons. The van der Waals surface area contributed by atoms with Gasteiger partial charge in [-0.1, -0.05) is 6.92 Å². The van der Waals surface area contributed by atoms with Crippen molar-refractivity contribution in [1.82, 2.24) is 5.43 Å². The monoisotopic (exact) mass is 198 g/mol. The van der Waals surface area contributed by atoms with Crippen LogP contribution < -0.4 is 11.3 Å². The lowest BCUT2D eigenvalue weighted by atomic mass is 10.2. The Hall–Kier alpha value is -0.840. The van der Waals surface area contributed by atoms with Gasteiger partial charge in [0.25, 0.3) is 0 Å². The summed E-state index contributed by atoms with van der Waals surface area (Å²) in [5.74, 6) is 6.27. The maximum atomic E-state index is 5.41. The van der Waals surface area contributed by atoms with Crippen LogP contribution in [0.3, 0.4) is 0 Å². The molecular weight excluding hydrogens is 180 g/mol. The molecule has 0 aliphatic rings. The molecule has 0 saturated heterocycles. The van der Waals surface area contributed by atoms with Gasteiger partial charge >= 0.3 is 0 Å². The molecular formula is C10H18N2O2. The van der Waals surface area contributed by atoms with Gasteiger partial charge in [-0.25, -0.2) is 5.43 Å². The van der Waals surface area contributed by atoms with Crippen molar-refractivity contribution in [2.24, 2.45) is 5.84 Å². The average molecular weight is 198 g/mol. The van der Waals surface area contributed by atoms with E-state index in [1.54, 1.807) is 6.26 Å². The van der Waals surface area contributed by atoms with Crippen molar-refractivity contribution >= 4 is 0 Å². The minimum Gasteiger partial charge on any atom is -0.468 e. The smallest absolute Gasteiger partial charge is 0.122 e. The summed E-state index contributed by atoms with van der Waals surface area (Å²) in [7, 11) is 0. The van der Waals surface area contributed by atoms with Gasteiger partial charge in [0.15, 0.2) is 0 Å². The maximum absolute atomic E-state index is 5.41. The minimum absolute atomic E-state index is 0.0434. The fourth-order valence-corrected chi connectivity index (χ4v) is 1.24. The van der Waals surface area contributed by atoms with Crippen LogP contribution in [0.1, 0.15) is 31.6 Å². The highest BCUT2D eigenvalue weighted by Gasteiger charge is 2.11. The van der Waals surface area contributed by atoms with Crippen LogP contribution in [0.2, 0.25) is 0 Å². The third-order valence-corrected chi connectivity index (χ3v) is 1.99. The van der Waals surface area contributed by atoms with E-state index in [1.807, 2.05) is 12.1 Å². The van der Waals surface area contributed by atoms with E-state index in [-0.39, 0.29) is 6.04 Å². The molecule has 1 aromatic rings. The topological polar surface area (TPSA) is 60.4 Å². The summed E-state index contributed by atoms with van der Waals surface area (Å²) in [6.07, 6.45) is 3.51. The zero-order chi connectivity index (χ0) is 10.2. The zero-order valence-electron chi connectivity index (χ0n) is 8.53. The van der Waals surface area contributed by atoms with Gasteiger partial charge in [0.05, 0.1) is 12.3 Å². The van der Waals surface area contributed by atoms with Crippen molar-refractivity contribution in [3.8, 4) is 0 Å². The molecule has 0 aromatic carbocycles. The van der Waals surface area contributed by atoms with Crippen molar-refractivity contribution in [3.63, 3.8) is 0 Å². The number of hydrazine groups is 1. The Labute approximate surface area is 84.4 Å². The summed E-state index contributed by atoms with van der Waals surface area (Å²) in [6, 6.07) is 3.80. The Kier molecular flexibility index (Phi) is 5.29. The fraction of sp³-hybridized carbons (Fsp3) is 0.600. The summed E-state index contributed by atoms with van der Waals surface area (Å²) in [5.41, 5.74) is 2.71. The minimum atomic E-state index is 0.0434. The summed E-state index contributed by atoms with van der Waals surface area (Å²) in [6.45, 7) is 3.59. The van der Waals surface area contributed by atoms with Crippen LogP contribution >= 0.6 is 0 Å². The van der Waals surface area contributed by atoms with E-state index < -0.39 is 0 Å². The Morgan fingerprint density at radius 1 is 1.57 bits per heavy atom. The van der Waals surface area contributed by atoms with E-state index in [0.29, 0.717) is 6.61 Å². The second kappa shape index (κ2) is 6.59. The Morgan fingerprint density at radius 3 is 3.00 bits per heavy atom. The molecule has 1 aromatic heterocycles. The quantitative estimate of drug-likeness (QED) is 0.397. The van der Waals surface area contributed by atoms with Gasteiger partial charge in [0.2, 0.25) is 0 Å². The highest BCUT2D eigenvalue weighted by Crippen LogP contribution is 2.15. The van der Waals surface area contributed by atoms with Crippen molar-refractivity contribution in [3.05, 3.63) is 24.2 Å². The van der Waals surface area contributed by atoms with E-state index in [0.717, 1.165) is 25.2 Å². The van der Waals surface area contributed by atoms with E-state index in [9.17, 15) is 0 Å². The molecule has 14 heavy (non-hydrogen) atoms. The summed E-state index contributed by atoms with van der Waals surface area (Å²) < 4.78 is 10.6. The number of ether oxygens (including phenoxy) is 1. The number of hydrogen-bond acceptors (Lipinski definition) is 4. The second-order valence-corrected chi connectivity index (χ2v) is 3.14. The normalized spacial score (nSPS) is 13.0. The fourth-order valence-electron chi connectivity index (χ4n) is 1.24. The van der Waals surface area contributed by atoms with Gasteiger partial charge < -0.3 is 9.15 Å². The SMILES string of the molecule is CCCOCCC(NN)c1ccco1. The number of nitrogens with one attached hydrogen (secondary N) is 1. The standard InChI is InChI=1S/C10H18N2O2/c1-2-6-13-8-5-9(12-11)10-4-3-7-14-10/h3-4,7,9,12H,2,5-6,8,11H2,1H3. The number of rotatable bonds is 7. The first-order valence-electron chi connectivity index (χ1n) is 4.95. The molecule has 1 unspecified atom stereocenters. The summed E-state index contributed by atoms with van der Waals surface area (Å²) >= 11 is 0. The molecule has 0 aliphatic heterocycles. The van der Waals surface area contributed by atoms with Crippen LogP contribution in [0, 0.1) is 0 Å². The third kappa shape index (κ3) is 3.49. The number of nitrogens with two attached hydrogens (primary N) is 1. The molecule has 0 bridgehead atoms. The molecule has 0 amide bonds. The van der Waals surface area contributed by atoms with Crippen LogP contribution in [0.25, 0.3) is 0 Å². The van der Waals surface area contributed by atoms with Crippen LogP contribution in [-0.4, -0.2) is 13.2 Å². The zero-order valence-corrected chi connectivity index (χ0v) is 8.53. The first kappa shape index (κ1) is 11.2. The summed E-state index contributed by atoms with van der Waals surface area (Å²) in [5, 5.41) is 0. The first-order valence-corrected chi connectivity index (χ1v) is 4.95. The lowest BCUT2D eigenvalue weighted by Gasteiger charge is -2.12. The van der Waals surface area contributed by atoms with Gasteiger partial charge in [-0.05, 0) is 25.0 Å². The molecule has 1 rings (SSSR count). The molecule has 1 atom stereocenters. The predicted molar refractivity (Wildman–Crippen MR) is 54.5 cm³/mol. The van der Waals surface area contributed by atoms with E-state index in [1.165, 1.54) is 0 Å². The van der Waals surface area contributed by atoms with Crippen molar-refractivity contribution in [2.75, 3.05) is 13.2 Å². The highest BCUT2D eigenvalue weighted by molar-refractivity contribution is 5.03. The predicted octanol–water partition coefficient (Wildman–Crippen LogP) is 1.60. The van der Waals surface area contributed by atoms with Crippen molar-refractivity contribution in [1.29, 1.82) is 0 Å².